The summed E-state index contributed by atoms with van der Waals surface area (Å²) in [5, 5.41) is 5.12. The van der Waals surface area contributed by atoms with Crippen molar-refractivity contribution < 1.29 is 17.9 Å². The van der Waals surface area contributed by atoms with Crippen molar-refractivity contribution in [3.63, 3.8) is 0 Å². The van der Waals surface area contributed by atoms with Gasteiger partial charge in [0, 0.05) is 0 Å². The molecule has 0 aliphatic rings. The molecule has 0 saturated heterocycles. The molecule has 0 atom stereocenters. The third-order valence-electron chi connectivity index (χ3n) is 1.54. The fourth-order valence-electron chi connectivity index (χ4n) is 0.906. The largest absolute Gasteiger partial charge is 0.445 e. The highest BCUT2D eigenvalue weighted by atomic mass is 32.1. The molecule has 0 unspecified atom stereocenters. The molecule has 0 saturated carbocycles. The highest BCUT2D eigenvalue weighted by Crippen LogP contribution is 2.35. The molecule has 0 amide bonds. The summed E-state index contributed by atoms with van der Waals surface area (Å²) in [6.07, 6.45) is -4.48. The molecule has 83 valence electrons. The second-order valence-electron chi connectivity index (χ2n) is 2.71. The summed E-state index contributed by atoms with van der Waals surface area (Å²) in [6.45, 7) is 0. The standard InChI is InChI=1S/C9H4F3N2OS/c10-9(11,12)7-13-14-8(16-7)15-6-4-2-1-3-5-6/h2-5H. The molecule has 0 bridgehead atoms. The number of alkyl halides is 3. The van der Waals surface area contributed by atoms with Crippen LogP contribution in [0.1, 0.15) is 5.01 Å². The Labute approximate surface area is 92.5 Å². The average molecular weight is 245 g/mol. The predicted molar refractivity (Wildman–Crippen MR) is 50.3 cm³/mol. The summed E-state index contributed by atoms with van der Waals surface area (Å²) < 4.78 is 41.6. The molecule has 0 spiro atoms. The van der Waals surface area contributed by atoms with E-state index in [1.165, 1.54) is 0 Å². The van der Waals surface area contributed by atoms with Gasteiger partial charge < -0.3 is 4.74 Å². The Balaban J connectivity index is 2.15. The molecule has 1 aromatic heterocycles. The summed E-state index contributed by atoms with van der Waals surface area (Å²) in [5.74, 6) is 0.392. The van der Waals surface area contributed by atoms with Gasteiger partial charge in [0.25, 0.3) is 5.19 Å². The van der Waals surface area contributed by atoms with Gasteiger partial charge in [0.15, 0.2) is 0 Å². The lowest BCUT2D eigenvalue weighted by molar-refractivity contribution is -0.138. The van der Waals surface area contributed by atoms with Crippen LogP contribution in [0.2, 0.25) is 0 Å². The topological polar surface area (TPSA) is 35.0 Å². The van der Waals surface area contributed by atoms with Crippen LogP contribution in [0.4, 0.5) is 13.2 Å². The van der Waals surface area contributed by atoms with Crippen LogP contribution in [0.25, 0.3) is 0 Å². The van der Waals surface area contributed by atoms with Crippen molar-refractivity contribution in [3.8, 4) is 10.9 Å². The first-order valence-corrected chi connectivity index (χ1v) is 4.92. The second-order valence-corrected chi connectivity index (χ2v) is 3.65. The van der Waals surface area contributed by atoms with Crippen molar-refractivity contribution in [1.82, 2.24) is 10.2 Å². The van der Waals surface area contributed by atoms with Crippen LogP contribution < -0.4 is 4.74 Å². The van der Waals surface area contributed by atoms with Gasteiger partial charge in [-0.2, -0.15) is 13.2 Å². The molecule has 2 rings (SSSR count). The van der Waals surface area contributed by atoms with E-state index in [-0.39, 0.29) is 5.19 Å². The number of nitrogens with zero attached hydrogens (tertiary/aromatic N) is 2. The molecule has 1 heterocycles. The van der Waals surface area contributed by atoms with Crippen LogP contribution in [-0.4, -0.2) is 10.2 Å². The summed E-state index contributed by atoms with van der Waals surface area (Å²) in [4.78, 5) is 0. The van der Waals surface area contributed by atoms with Gasteiger partial charge in [-0.1, -0.05) is 28.6 Å². The van der Waals surface area contributed by atoms with Crippen molar-refractivity contribution >= 4 is 11.3 Å². The Morgan fingerprint density at radius 2 is 1.88 bits per heavy atom. The maximum atomic E-state index is 12.2. The normalized spacial score (nSPS) is 11.4. The Bertz CT molecular complexity index is 469. The van der Waals surface area contributed by atoms with E-state index in [0.29, 0.717) is 17.1 Å². The molecular formula is C9H4F3N2OS. The molecule has 3 nitrogen and oxygen atoms in total. The van der Waals surface area contributed by atoms with Crippen LogP contribution in [0, 0.1) is 6.07 Å². The van der Waals surface area contributed by atoms with Gasteiger partial charge in [-0.15, -0.1) is 5.10 Å². The molecule has 2 aromatic rings. The van der Waals surface area contributed by atoms with E-state index in [2.05, 4.69) is 16.3 Å². The van der Waals surface area contributed by atoms with Crippen molar-refractivity contribution in [1.29, 1.82) is 0 Å². The Morgan fingerprint density at radius 3 is 2.44 bits per heavy atom. The van der Waals surface area contributed by atoms with Crippen LogP contribution in [-0.2, 0) is 6.18 Å². The molecule has 7 heteroatoms. The van der Waals surface area contributed by atoms with Crippen molar-refractivity contribution in [2.24, 2.45) is 0 Å². The molecule has 1 radical (unpaired) electrons. The second kappa shape index (κ2) is 4.09. The van der Waals surface area contributed by atoms with Crippen LogP contribution in [0.3, 0.4) is 0 Å². The van der Waals surface area contributed by atoms with Gasteiger partial charge in [-0.25, -0.2) is 0 Å². The van der Waals surface area contributed by atoms with Gasteiger partial charge in [0.05, 0.1) is 0 Å². The lowest BCUT2D eigenvalue weighted by Gasteiger charge is -1.99. The van der Waals surface area contributed by atoms with E-state index >= 15 is 0 Å². The third-order valence-corrected chi connectivity index (χ3v) is 2.39. The predicted octanol–water partition coefficient (Wildman–Crippen LogP) is 3.15. The maximum Gasteiger partial charge on any atom is 0.445 e. The highest BCUT2D eigenvalue weighted by molar-refractivity contribution is 7.13. The van der Waals surface area contributed by atoms with Gasteiger partial charge in [-0.3, -0.25) is 0 Å². The van der Waals surface area contributed by atoms with Gasteiger partial charge in [0.2, 0.25) is 5.01 Å². The summed E-state index contributed by atoms with van der Waals surface area (Å²) in [6, 6.07) is 9.05. The zero-order valence-electron chi connectivity index (χ0n) is 7.65. The highest BCUT2D eigenvalue weighted by Gasteiger charge is 2.36. The number of hydrogen-bond acceptors (Lipinski definition) is 4. The minimum atomic E-state index is -4.48. The molecule has 0 fully saturated rings. The van der Waals surface area contributed by atoms with Crippen molar-refractivity contribution in [3.05, 3.63) is 35.3 Å². The minimum Gasteiger partial charge on any atom is -0.430 e. The third kappa shape index (κ3) is 2.48. The number of rotatable bonds is 2. The molecule has 1 aromatic carbocycles. The fraction of sp³-hybridized carbons (Fsp3) is 0.111. The molecule has 0 aliphatic heterocycles. The molecule has 0 N–H and O–H groups in total. The average Bonchev–Trinajstić information content (AvgIpc) is 2.67. The van der Waals surface area contributed by atoms with Crippen LogP contribution in [0.5, 0.6) is 10.9 Å². The first kappa shape index (κ1) is 10.9. The fourth-order valence-corrected chi connectivity index (χ4v) is 1.49. The van der Waals surface area contributed by atoms with E-state index in [1.807, 2.05) is 0 Å². The number of ether oxygens (including phenoxy) is 1. The lowest BCUT2D eigenvalue weighted by Crippen LogP contribution is -2.03. The zero-order valence-corrected chi connectivity index (χ0v) is 8.47. The van der Waals surface area contributed by atoms with E-state index in [4.69, 9.17) is 4.74 Å². The smallest absolute Gasteiger partial charge is 0.430 e. The SMILES string of the molecule is FC(F)(F)c1nnc(Oc2cc[c]cc2)s1. The number of benzene rings is 1. The van der Waals surface area contributed by atoms with Crippen LogP contribution in [0.15, 0.2) is 24.3 Å². The number of halogens is 3. The molecule has 16 heavy (non-hydrogen) atoms. The Kier molecular flexibility index (Phi) is 2.78. The zero-order chi connectivity index (χ0) is 11.6. The van der Waals surface area contributed by atoms with E-state index < -0.39 is 11.2 Å². The van der Waals surface area contributed by atoms with Gasteiger partial charge in [-0.05, 0) is 18.2 Å². The maximum absolute atomic E-state index is 12.2. The monoisotopic (exact) mass is 245 g/mol. The Morgan fingerprint density at radius 1 is 1.19 bits per heavy atom. The molecule has 0 aliphatic carbocycles. The van der Waals surface area contributed by atoms with Gasteiger partial charge in [0.1, 0.15) is 5.75 Å². The summed E-state index contributed by atoms with van der Waals surface area (Å²) in [7, 11) is 0. The minimum absolute atomic E-state index is 0.140. The number of hydrogen-bond donors (Lipinski definition) is 0. The first-order valence-electron chi connectivity index (χ1n) is 4.10. The van der Waals surface area contributed by atoms with Gasteiger partial charge >= 0.3 is 6.18 Å². The van der Waals surface area contributed by atoms with Crippen molar-refractivity contribution in [2.75, 3.05) is 0 Å². The Hall–Kier alpha value is -1.63. The number of aromatic nitrogens is 2. The first-order chi connectivity index (χ1) is 7.55. The summed E-state index contributed by atoms with van der Waals surface area (Å²) >= 11 is 0.355. The quantitative estimate of drug-likeness (QED) is 0.815. The van der Waals surface area contributed by atoms with E-state index in [9.17, 15) is 13.2 Å². The van der Waals surface area contributed by atoms with Crippen LogP contribution >= 0.6 is 11.3 Å². The molecular weight excluding hydrogens is 241 g/mol. The summed E-state index contributed by atoms with van der Waals surface area (Å²) in [5.41, 5.74) is 0. The van der Waals surface area contributed by atoms with E-state index in [0.717, 1.165) is 0 Å². The lowest BCUT2D eigenvalue weighted by atomic mass is 10.3. The van der Waals surface area contributed by atoms with Crippen molar-refractivity contribution in [2.45, 2.75) is 6.18 Å². The van der Waals surface area contributed by atoms with E-state index in [1.54, 1.807) is 24.3 Å².